The van der Waals surface area contributed by atoms with Crippen molar-refractivity contribution in [3.8, 4) is 39.1 Å². The van der Waals surface area contributed by atoms with Crippen LogP contribution in [0.5, 0.6) is 5.75 Å². The lowest BCUT2D eigenvalue weighted by Gasteiger charge is -2.22. The molecular formula is C30H31BO3. The highest BCUT2D eigenvalue weighted by Crippen LogP contribution is 2.46. The van der Waals surface area contributed by atoms with Gasteiger partial charge in [-0.05, 0) is 69.9 Å². The number of hydrogen-bond donors (Lipinski definition) is 2. The minimum atomic E-state index is -1.91. The molecule has 0 heterocycles. The molecule has 0 aliphatic heterocycles. The summed E-state index contributed by atoms with van der Waals surface area (Å²) in [4.78, 5) is 0. The van der Waals surface area contributed by atoms with Crippen LogP contribution in [0.25, 0.3) is 33.4 Å². The maximum Gasteiger partial charge on any atom is 0.707 e. The monoisotopic (exact) mass is 450 g/mol. The van der Waals surface area contributed by atoms with E-state index in [-0.39, 0.29) is 0 Å². The van der Waals surface area contributed by atoms with Gasteiger partial charge in [0.1, 0.15) is 5.75 Å². The third kappa shape index (κ3) is 5.09. The summed E-state index contributed by atoms with van der Waals surface area (Å²) in [5, 5.41) is 19.5. The molecule has 0 bridgehead atoms. The van der Waals surface area contributed by atoms with E-state index in [0.717, 1.165) is 44.5 Å². The molecule has 0 saturated carbocycles. The Morgan fingerprint density at radius 3 is 1.29 bits per heavy atom. The smallest absolute Gasteiger partial charge is 0.511 e. The van der Waals surface area contributed by atoms with Crippen LogP contribution >= 0.6 is 0 Å². The van der Waals surface area contributed by atoms with E-state index in [4.69, 9.17) is 4.65 Å². The molecule has 4 aromatic carbocycles. The van der Waals surface area contributed by atoms with Gasteiger partial charge in [0.25, 0.3) is 0 Å². The number of benzene rings is 4. The summed E-state index contributed by atoms with van der Waals surface area (Å²) in [5.74, 6) is 0.433. The molecule has 4 heteroatoms. The zero-order valence-electron chi connectivity index (χ0n) is 20.7. The Morgan fingerprint density at radius 1 is 0.500 bits per heavy atom. The van der Waals surface area contributed by atoms with Gasteiger partial charge in [0, 0.05) is 11.1 Å². The predicted molar refractivity (Wildman–Crippen MR) is 142 cm³/mol. The van der Waals surface area contributed by atoms with Crippen LogP contribution in [-0.2, 0) is 0 Å². The van der Waals surface area contributed by atoms with Crippen LogP contribution in [0.1, 0.15) is 33.4 Å². The van der Waals surface area contributed by atoms with Crippen molar-refractivity contribution in [2.45, 2.75) is 41.5 Å². The zero-order valence-corrected chi connectivity index (χ0v) is 20.7. The molecule has 0 unspecified atom stereocenters. The molecular weight excluding hydrogens is 419 g/mol. The van der Waals surface area contributed by atoms with Crippen LogP contribution < -0.4 is 4.65 Å². The highest BCUT2D eigenvalue weighted by molar-refractivity contribution is 6.34. The molecule has 0 radical (unpaired) electrons. The van der Waals surface area contributed by atoms with Crippen molar-refractivity contribution < 1.29 is 14.7 Å². The van der Waals surface area contributed by atoms with Crippen molar-refractivity contribution in [2.75, 3.05) is 0 Å². The van der Waals surface area contributed by atoms with E-state index in [2.05, 4.69) is 96.1 Å². The second kappa shape index (κ2) is 9.50. The van der Waals surface area contributed by atoms with E-state index in [1.165, 1.54) is 22.3 Å². The first-order valence-corrected chi connectivity index (χ1v) is 11.6. The minimum Gasteiger partial charge on any atom is -0.511 e. The third-order valence-electron chi connectivity index (χ3n) is 5.95. The van der Waals surface area contributed by atoms with Crippen molar-refractivity contribution in [1.29, 1.82) is 0 Å². The number of hydrogen-bond acceptors (Lipinski definition) is 3. The first-order chi connectivity index (χ1) is 16.1. The average Bonchev–Trinajstić information content (AvgIpc) is 2.70. The standard InChI is InChI=1S/C30H31BO3/c1-18-9-19(2)13-24(12-18)27-7-8-28(34-31(32)33)30(26-16-22(5)11-23(6)17-26)29(27)25-14-20(3)10-21(4)15-25/h7-17,32-33H,1-6H3. The average molecular weight is 450 g/mol. The van der Waals surface area contributed by atoms with Gasteiger partial charge < -0.3 is 14.7 Å². The molecule has 0 aliphatic rings. The van der Waals surface area contributed by atoms with Crippen LogP contribution in [-0.4, -0.2) is 17.4 Å². The van der Waals surface area contributed by atoms with Gasteiger partial charge in [-0.1, -0.05) is 94.0 Å². The van der Waals surface area contributed by atoms with E-state index >= 15 is 0 Å². The van der Waals surface area contributed by atoms with E-state index in [0.29, 0.717) is 5.75 Å². The summed E-state index contributed by atoms with van der Waals surface area (Å²) in [6, 6.07) is 23.3. The van der Waals surface area contributed by atoms with Crippen molar-refractivity contribution in [3.05, 3.63) is 100 Å². The Labute approximate surface area is 202 Å². The second-order valence-electron chi connectivity index (χ2n) is 9.43. The van der Waals surface area contributed by atoms with Crippen LogP contribution in [0.2, 0.25) is 0 Å². The zero-order chi connectivity index (χ0) is 24.6. The number of aryl methyl sites for hydroxylation is 6. The maximum atomic E-state index is 9.73. The molecule has 0 spiro atoms. The van der Waals surface area contributed by atoms with Gasteiger partial charge in [-0.15, -0.1) is 0 Å². The quantitative estimate of drug-likeness (QED) is 0.326. The van der Waals surface area contributed by atoms with Gasteiger partial charge in [0.05, 0.1) is 0 Å². The predicted octanol–water partition coefficient (Wildman–Crippen LogP) is 6.89. The molecule has 0 aliphatic carbocycles. The van der Waals surface area contributed by atoms with Crippen molar-refractivity contribution in [3.63, 3.8) is 0 Å². The first kappa shape index (κ1) is 23.8. The van der Waals surface area contributed by atoms with Gasteiger partial charge in [-0.25, -0.2) is 0 Å². The molecule has 2 N–H and O–H groups in total. The Hall–Kier alpha value is -3.34. The fraction of sp³-hybridized carbons (Fsp3) is 0.200. The van der Waals surface area contributed by atoms with Crippen LogP contribution in [0.3, 0.4) is 0 Å². The van der Waals surface area contributed by atoms with E-state index in [9.17, 15) is 10.0 Å². The molecule has 34 heavy (non-hydrogen) atoms. The van der Waals surface area contributed by atoms with Gasteiger partial charge in [0.15, 0.2) is 0 Å². The summed E-state index contributed by atoms with van der Waals surface area (Å²) in [6.07, 6.45) is 0. The summed E-state index contributed by atoms with van der Waals surface area (Å²) in [6.45, 7) is 12.6. The topological polar surface area (TPSA) is 49.7 Å². The molecule has 4 rings (SSSR count). The third-order valence-corrected chi connectivity index (χ3v) is 5.95. The van der Waals surface area contributed by atoms with E-state index < -0.39 is 7.32 Å². The van der Waals surface area contributed by atoms with Gasteiger partial charge in [0.2, 0.25) is 0 Å². The maximum absolute atomic E-state index is 9.73. The lowest BCUT2D eigenvalue weighted by atomic mass is 9.84. The van der Waals surface area contributed by atoms with Gasteiger partial charge in [-0.3, -0.25) is 0 Å². The van der Waals surface area contributed by atoms with Crippen LogP contribution in [0, 0.1) is 41.5 Å². The minimum absolute atomic E-state index is 0.433. The van der Waals surface area contributed by atoms with Crippen molar-refractivity contribution in [1.82, 2.24) is 0 Å². The van der Waals surface area contributed by atoms with Crippen molar-refractivity contribution >= 4 is 7.32 Å². The fourth-order valence-corrected chi connectivity index (χ4v) is 4.99. The Morgan fingerprint density at radius 2 is 0.882 bits per heavy atom. The highest BCUT2D eigenvalue weighted by Gasteiger charge is 2.23. The van der Waals surface area contributed by atoms with E-state index in [1.807, 2.05) is 12.1 Å². The molecule has 0 amide bonds. The fourth-order valence-electron chi connectivity index (χ4n) is 4.99. The van der Waals surface area contributed by atoms with Crippen molar-refractivity contribution in [2.24, 2.45) is 0 Å². The summed E-state index contributed by atoms with van der Waals surface area (Å²) in [5.41, 5.74) is 13.1. The lowest BCUT2D eigenvalue weighted by molar-refractivity contribution is 0.288. The Balaban J connectivity index is 2.17. The molecule has 0 saturated heterocycles. The van der Waals surface area contributed by atoms with Crippen LogP contribution in [0.4, 0.5) is 0 Å². The Kier molecular flexibility index (Phi) is 6.65. The highest BCUT2D eigenvalue weighted by atomic mass is 16.6. The molecule has 3 nitrogen and oxygen atoms in total. The van der Waals surface area contributed by atoms with E-state index in [1.54, 1.807) is 0 Å². The van der Waals surface area contributed by atoms with Crippen LogP contribution in [0.15, 0.2) is 66.7 Å². The second-order valence-corrected chi connectivity index (χ2v) is 9.43. The summed E-state index contributed by atoms with van der Waals surface area (Å²) >= 11 is 0. The van der Waals surface area contributed by atoms with Gasteiger partial charge in [-0.2, -0.15) is 0 Å². The Bertz CT molecular complexity index is 1310. The molecule has 0 atom stereocenters. The molecule has 0 fully saturated rings. The van der Waals surface area contributed by atoms with Gasteiger partial charge >= 0.3 is 7.32 Å². The summed E-state index contributed by atoms with van der Waals surface area (Å²) in [7, 11) is -1.91. The summed E-state index contributed by atoms with van der Waals surface area (Å²) < 4.78 is 5.55. The first-order valence-electron chi connectivity index (χ1n) is 11.6. The number of rotatable bonds is 5. The normalized spacial score (nSPS) is 10.9. The molecule has 172 valence electrons. The SMILES string of the molecule is Cc1cc(C)cc(-c2ccc(OB(O)O)c(-c3cc(C)cc(C)c3)c2-c2cc(C)cc(C)c2)c1. The molecule has 4 aromatic rings. The molecule has 0 aromatic heterocycles. The largest absolute Gasteiger partial charge is 0.707 e. The lowest BCUT2D eigenvalue weighted by Crippen LogP contribution is -2.21.